The van der Waals surface area contributed by atoms with E-state index in [-0.39, 0.29) is 23.9 Å². The molecule has 0 spiro atoms. The summed E-state index contributed by atoms with van der Waals surface area (Å²) in [5.74, 6) is -1.13. The number of hydrogen-bond acceptors (Lipinski definition) is 6. The molecule has 1 aromatic carbocycles. The van der Waals surface area contributed by atoms with Crippen molar-refractivity contribution in [2.24, 2.45) is 0 Å². The van der Waals surface area contributed by atoms with Crippen LogP contribution >= 0.6 is 0 Å². The first-order valence-electron chi connectivity index (χ1n) is 7.24. The Morgan fingerprint density at radius 3 is 2.62 bits per heavy atom. The highest BCUT2D eigenvalue weighted by Gasteiger charge is 2.23. The van der Waals surface area contributed by atoms with Crippen molar-refractivity contribution in [2.75, 3.05) is 13.3 Å². The van der Waals surface area contributed by atoms with Crippen LogP contribution in [0.2, 0.25) is 0 Å². The van der Waals surface area contributed by atoms with Crippen molar-refractivity contribution in [3.8, 4) is 11.5 Å². The number of aliphatic carboxylic acids is 1. The van der Waals surface area contributed by atoms with Gasteiger partial charge in [-0.05, 0) is 19.9 Å². The second-order valence-corrected chi connectivity index (χ2v) is 5.52. The number of benzene rings is 1. The first kappa shape index (κ1) is 15.8. The van der Waals surface area contributed by atoms with E-state index < -0.39 is 23.9 Å². The maximum atomic E-state index is 12.6. The molecule has 2 heterocycles. The monoisotopic (exact) mass is 333 g/mol. The van der Waals surface area contributed by atoms with Crippen molar-refractivity contribution >= 4 is 22.8 Å². The molecule has 0 saturated carbocycles. The number of nitrogens with zero attached hydrogens (tertiary/aromatic N) is 2. The minimum Gasteiger partial charge on any atom is -0.480 e. The molecule has 1 amide bonds. The van der Waals surface area contributed by atoms with Crippen molar-refractivity contribution in [3.63, 3.8) is 0 Å². The molecule has 0 fully saturated rings. The quantitative estimate of drug-likeness (QED) is 0.837. The minimum atomic E-state index is -1.21. The highest BCUT2D eigenvalue weighted by Crippen LogP contribution is 2.35. The molecule has 1 aliphatic heterocycles. The van der Waals surface area contributed by atoms with Gasteiger partial charge in [-0.2, -0.15) is 5.10 Å². The predicted octanol–water partition coefficient (Wildman–Crippen LogP) is 0.520. The van der Waals surface area contributed by atoms with Crippen molar-refractivity contribution < 1.29 is 24.2 Å². The second kappa shape index (κ2) is 5.84. The number of ether oxygens (including phenoxy) is 2. The smallest absolute Gasteiger partial charge is 0.322 e. The standard InChI is InChI=1S/C15H15N3O6/c1-7(2)18-9-4-11-10(23-6-24-11)3-8(9)14(21)13(17-18)15(22)16-5-12(19)20/h3-4,7H,5-6H2,1-2H3,(H,16,22)(H,19,20). The van der Waals surface area contributed by atoms with Gasteiger partial charge in [0.05, 0.1) is 10.9 Å². The number of carboxylic acid groups (broad SMARTS) is 1. The summed E-state index contributed by atoms with van der Waals surface area (Å²) in [5, 5.41) is 15.2. The highest BCUT2D eigenvalue weighted by atomic mass is 16.7. The van der Waals surface area contributed by atoms with Crippen LogP contribution in [0.25, 0.3) is 10.9 Å². The molecule has 0 atom stereocenters. The van der Waals surface area contributed by atoms with Crippen LogP contribution in [0.15, 0.2) is 16.9 Å². The van der Waals surface area contributed by atoms with Gasteiger partial charge in [0.2, 0.25) is 12.2 Å². The number of amides is 1. The maximum Gasteiger partial charge on any atom is 0.322 e. The van der Waals surface area contributed by atoms with Crippen LogP contribution in [0.5, 0.6) is 11.5 Å². The van der Waals surface area contributed by atoms with Gasteiger partial charge in [-0.1, -0.05) is 0 Å². The molecule has 126 valence electrons. The number of hydrogen-bond donors (Lipinski definition) is 2. The lowest BCUT2D eigenvalue weighted by atomic mass is 10.1. The molecule has 0 bridgehead atoms. The fourth-order valence-corrected chi connectivity index (χ4v) is 2.42. The van der Waals surface area contributed by atoms with Gasteiger partial charge in [-0.15, -0.1) is 0 Å². The van der Waals surface area contributed by atoms with Gasteiger partial charge >= 0.3 is 5.97 Å². The Balaban J connectivity index is 2.19. The molecule has 9 nitrogen and oxygen atoms in total. The number of nitrogens with one attached hydrogen (secondary N) is 1. The van der Waals surface area contributed by atoms with Crippen LogP contribution in [0.1, 0.15) is 30.4 Å². The molecule has 0 aliphatic carbocycles. The number of rotatable bonds is 4. The molecule has 24 heavy (non-hydrogen) atoms. The summed E-state index contributed by atoms with van der Waals surface area (Å²) in [6.07, 6.45) is 0. The molecule has 1 aliphatic rings. The zero-order valence-electron chi connectivity index (χ0n) is 13.0. The number of fused-ring (bicyclic) bond motifs is 2. The second-order valence-electron chi connectivity index (χ2n) is 5.52. The van der Waals surface area contributed by atoms with Crippen molar-refractivity contribution in [2.45, 2.75) is 19.9 Å². The summed E-state index contributed by atoms with van der Waals surface area (Å²) in [4.78, 5) is 35.3. The Bertz CT molecular complexity index is 902. The van der Waals surface area contributed by atoms with E-state index >= 15 is 0 Å². The fourth-order valence-electron chi connectivity index (χ4n) is 2.42. The van der Waals surface area contributed by atoms with Crippen molar-refractivity contribution in [1.82, 2.24) is 15.1 Å². The van der Waals surface area contributed by atoms with Crippen LogP contribution in [0.4, 0.5) is 0 Å². The molecule has 0 radical (unpaired) electrons. The average Bonchev–Trinajstić information content (AvgIpc) is 2.98. The first-order valence-corrected chi connectivity index (χ1v) is 7.24. The molecule has 2 aromatic rings. The van der Waals surface area contributed by atoms with Gasteiger partial charge in [-0.3, -0.25) is 19.1 Å². The predicted molar refractivity (Wildman–Crippen MR) is 82.5 cm³/mol. The zero-order chi connectivity index (χ0) is 17.4. The zero-order valence-corrected chi connectivity index (χ0v) is 13.0. The maximum absolute atomic E-state index is 12.6. The summed E-state index contributed by atoms with van der Waals surface area (Å²) in [7, 11) is 0. The molecular weight excluding hydrogens is 318 g/mol. The molecule has 2 N–H and O–H groups in total. The van der Waals surface area contributed by atoms with E-state index in [1.54, 1.807) is 6.07 Å². The van der Waals surface area contributed by atoms with E-state index in [0.717, 1.165) is 0 Å². The number of carboxylic acids is 1. The lowest BCUT2D eigenvalue weighted by Gasteiger charge is -2.15. The largest absolute Gasteiger partial charge is 0.480 e. The summed E-state index contributed by atoms with van der Waals surface area (Å²) >= 11 is 0. The van der Waals surface area contributed by atoms with E-state index in [2.05, 4.69) is 10.4 Å². The van der Waals surface area contributed by atoms with Gasteiger partial charge in [0.1, 0.15) is 6.54 Å². The Kier molecular flexibility index (Phi) is 3.84. The van der Waals surface area contributed by atoms with E-state index in [1.807, 2.05) is 13.8 Å². The average molecular weight is 333 g/mol. The molecular formula is C15H15N3O6. The number of carbonyl (C=O) groups is 2. The Morgan fingerprint density at radius 2 is 2.00 bits per heavy atom. The third-order valence-corrected chi connectivity index (χ3v) is 3.51. The Hall–Kier alpha value is -3.10. The molecule has 3 rings (SSSR count). The number of aromatic nitrogens is 2. The van der Waals surface area contributed by atoms with E-state index in [1.165, 1.54) is 10.7 Å². The molecule has 1 aromatic heterocycles. The van der Waals surface area contributed by atoms with Gasteiger partial charge in [0, 0.05) is 12.1 Å². The van der Waals surface area contributed by atoms with Crippen LogP contribution in [-0.2, 0) is 4.79 Å². The normalized spacial score (nSPS) is 12.6. The lowest BCUT2D eigenvalue weighted by Crippen LogP contribution is -2.35. The van der Waals surface area contributed by atoms with Gasteiger partial charge in [0.25, 0.3) is 5.91 Å². The van der Waals surface area contributed by atoms with Crippen molar-refractivity contribution in [1.29, 1.82) is 0 Å². The van der Waals surface area contributed by atoms with E-state index in [0.29, 0.717) is 17.0 Å². The third-order valence-electron chi connectivity index (χ3n) is 3.51. The van der Waals surface area contributed by atoms with Gasteiger partial charge in [0.15, 0.2) is 17.2 Å². The van der Waals surface area contributed by atoms with Crippen LogP contribution in [0.3, 0.4) is 0 Å². The highest BCUT2D eigenvalue weighted by molar-refractivity contribution is 5.97. The summed E-state index contributed by atoms with van der Waals surface area (Å²) in [6, 6.07) is 3.01. The van der Waals surface area contributed by atoms with Gasteiger partial charge in [-0.25, -0.2) is 0 Å². The van der Waals surface area contributed by atoms with E-state index in [9.17, 15) is 14.4 Å². The molecule has 9 heteroatoms. The Labute approximate surface area is 135 Å². The third kappa shape index (κ3) is 2.64. The lowest BCUT2D eigenvalue weighted by molar-refractivity contribution is -0.135. The van der Waals surface area contributed by atoms with Crippen LogP contribution < -0.4 is 20.2 Å². The summed E-state index contributed by atoms with van der Waals surface area (Å²) in [6.45, 7) is 3.16. The SMILES string of the molecule is CC(C)n1nc(C(=O)NCC(=O)O)c(=O)c2cc3c(cc21)OCO3. The van der Waals surface area contributed by atoms with Gasteiger partial charge < -0.3 is 19.9 Å². The topological polar surface area (TPSA) is 120 Å². The Morgan fingerprint density at radius 1 is 1.33 bits per heavy atom. The minimum absolute atomic E-state index is 0.0565. The molecule has 0 saturated heterocycles. The van der Waals surface area contributed by atoms with Crippen LogP contribution in [0, 0.1) is 0 Å². The van der Waals surface area contributed by atoms with Crippen molar-refractivity contribution in [3.05, 3.63) is 28.0 Å². The first-order chi connectivity index (χ1) is 11.4. The summed E-state index contributed by atoms with van der Waals surface area (Å²) < 4.78 is 12.1. The fraction of sp³-hybridized carbons (Fsp3) is 0.333. The molecule has 0 unspecified atom stereocenters. The number of carbonyl (C=O) groups excluding carboxylic acids is 1. The van der Waals surface area contributed by atoms with Crippen LogP contribution in [-0.4, -0.2) is 40.1 Å². The van der Waals surface area contributed by atoms with E-state index in [4.69, 9.17) is 14.6 Å². The summed E-state index contributed by atoms with van der Waals surface area (Å²) in [5.41, 5.74) is -0.451.